The van der Waals surface area contributed by atoms with Crippen LogP contribution in [0.3, 0.4) is 0 Å². The highest BCUT2D eigenvalue weighted by Gasteiger charge is 2.50. The topological polar surface area (TPSA) is 122 Å². The molecule has 1 aromatic heterocycles. The van der Waals surface area contributed by atoms with Crippen LogP contribution >= 0.6 is 11.6 Å². The summed E-state index contributed by atoms with van der Waals surface area (Å²) in [6, 6.07) is 0. The molecule has 1 aliphatic rings. The molecular weight excluding hydrogens is 340 g/mol. The highest BCUT2D eigenvalue weighted by Crippen LogP contribution is 2.35. The second-order valence-electron chi connectivity index (χ2n) is 6.96. The van der Waals surface area contributed by atoms with Crippen LogP contribution in [0.15, 0.2) is 15.8 Å². The van der Waals surface area contributed by atoms with Gasteiger partial charge >= 0.3 is 5.69 Å². The summed E-state index contributed by atoms with van der Waals surface area (Å²) in [4.78, 5) is 37.7. The van der Waals surface area contributed by atoms with Gasteiger partial charge in [0.2, 0.25) is 0 Å². The van der Waals surface area contributed by atoms with E-state index in [1.54, 1.807) is 20.8 Å². The Morgan fingerprint density at radius 1 is 1.42 bits per heavy atom. The van der Waals surface area contributed by atoms with E-state index in [1.165, 1.54) is 13.1 Å². The van der Waals surface area contributed by atoms with Gasteiger partial charge in [0.05, 0.1) is 0 Å². The minimum absolute atomic E-state index is 0.256. The van der Waals surface area contributed by atoms with E-state index in [9.17, 15) is 24.6 Å². The molecule has 1 aliphatic heterocycles. The van der Waals surface area contributed by atoms with Crippen molar-refractivity contribution in [2.24, 2.45) is 5.41 Å². The van der Waals surface area contributed by atoms with Gasteiger partial charge < -0.3 is 14.9 Å². The van der Waals surface area contributed by atoms with Crippen molar-refractivity contribution >= 4 is 17.4 Å². The van der Waals surface area contributed by atoms with Crippen LogP contribution in [0.1, 0.15) is 32.6 Å². The molecule has 0 saturated carbocycles. The number of aromatic amines is 1. The first kappa shape index (κ1) is 18.9. The number of aliphatic hydroxyl groups excluding tert-OH is 2. The molecule has 0 radical (unpaired) electrons. The average molecular weight is 361 g/mol. The fraction of sp³-hybridized carbons (Fsp3) is 0.667. The van der Waals surface area contributed by atoms with Crippen LogP contribution in [0, 0.1) is 12.3 Å². The molecule has 5 atom stereocenters. The van der Waals surface area contributed by atoms with E-state index in [0.29, 0.717) is 0 Å². The van der Waals surface area contributed by atoms with E-state index in [4.69, 9.17) is 16.3 Å². The Hall–Kier alpha value is -1.48. The molecule has 134 valence electrons. The number of hydrogen-bond acceptors (Lipinski definition) is 6. The van der Waals surface area contributed by atoms with Gasteiger partial charge in [-0.1, -0.05) is 20.8 Å². The quantitative estimate of drug-likeness (QED) is 0.635. The third-order valence-corrected chi connectivity index (χ3v) is 4.44. The van der Waals surface area contributed by atoms with Crippen molar-refractivity contribution in [3.05, 3.63) is 32.6 Å². The van der Waals surface area contributed by atoms with E-state index in [1.807, 2.05) is 0 Å². The molecule has 24 heavy (non-hydrogen) atoms. The van der Waals surface area contributed by atoms with Gasteiger partial charge in [-0.05, 0) is 6.92 Å². The Morgan fingerprint density at radius 2 is 2.00 bits per heavy atom. The molecule has 8 nitrogen and oxygen atoms in total. The molecule has 0 aliphatic carbocycles. The lowest BCUT2D eigenvalue weighted by Gasteiger charge is -2.26. The second kappa shape index (κ2) is 6.44. The van der Waals surface area contributed by atoms with E-state index < -0.39 is 52.4 Å². The molecule has 2 unspecified atom stereocenters. The maximum absolute atomic E-state index is 12.2. The minimum atomic E-state index is -1.59. The molecule has 1 fully saturated rings. The number of carbonyl (C=O) groups excluding carboxylic acids is 1. The molecule has 2 rings (SSSR count). The fourth-order valence-corrected chi connectivity index (χ4v) is 2.84. The van der Waals surface area contributed by atoms with Gasteiger partial charge in [0.25, 0.3) is 5.56 Å². The summed E-state index contributed by atoms with van der Waals surface area (Å²) in [5, 5.41) is 19.4. The van der Waals surface area contributed by atoms with Crippen molar-refractivity contribution in [3.8, 4) is 0 Å². The number of nitrogens with zero attached hydrogens (tertiary/aromatic N) is 1. The number of Topliss-reactive ketones (excluding diaryl/α,β-unsaturated/α-hetero) is 1. The fourth-order valence-electron chi connectivity index (χ4n) is 2.51. The summed E-state index contributed by atoms with van der Waals surface area (Å²) < 4.78 is 6.55. The van der Waals surface area contributed by atoms with Crippen LogP contribution in [-0.4, -0.2) is 49.2 Å². The van der Waals surface area contributed by atoms with Crippen molar-refractivity contribution in [2.75, 3.05) is 0 Å². The molecule has 0 amide bonds. The van der Waals surface area contributed by atoms with Crippen molar-refractivity contribution in [2.45, 2.75) is 57.6 Å². The highest BCUT2D eigenvalue weighted by molar-refractivity contribution is 6.21. The Bertz CT molecular complexity index is 750. The SMILES string of the molecule is Cc1cn([C@@H]2O[C@H](C(O)C(=O)C(C)(C)C)[C@@H](O)C2Cl)c(=O)[nH]c1=O. The number of aromatic nitrogens is 2. The monoisotopic (exact) mass is 360 g/mol. The number of ether oxygens (including phenoxy) is 1. The molecule has 3 N–H and O–H groups in total. The largest absolute Gasteiger partial charge is 0.389 e. The Balaban J connectivity index is 2.34. The molecule has 0 spiro atoms. The molecule has 9 heteroatoms. The van der Waals surface area contributed by atoms with Crippen LogP contribution in [0.4, 0.5) is 0 Å². The maximum atomic E-state index is 12.2. The second-order valence-corrected chi connectivity index (χ2v) is 7.47. The zero-order valence-corrected chi connectivity index (χ0v) is 14.6. The summed E-state index contributed by atoms with van der Waals surface area (Å²) in [6.07, 6.45) is -4.10. The number of rotatable bonds is 3. The summed E-state index contributed by atoms with van der Waals surface area (Å²) in [7, 11) is 0. The van der Waals surface area contributed by atoms with Gasteiger partial charge in [-0.2, -0.15) is 0 Å². The number of nitrogens with one attached hydrogen (secondary N) is 1. The van der Waals surface area contributed by atoms with Crippen molar-refractivity contribution < 1.29 is 19.7 Å². The van der Waals surface area contributed by atoms with Gasteiger partial charge in [-0.15, -0.1) is 11.6 Å². The zero-order chi connectivity index (χ0) is 18.4. The smallest absolute Gasteiger partial charge is 0.330 e. The summed E-state index contributed by atoms with van der Waals surface area (Å²) in [5.74, 6) is -0.513. The lowest BCUT2D eigenvalue weighted by molar-refractivity contribution is -0.148. The van der Waals surface area contributed by atoms with Crippen molar-refractivity contribution in [1.82, 2.24) is 9.55 Å². The van der Waals surface area contributed by atoms with E-state index in [2.05, 4.69) is 4.98 Å². The number of ketones is 1. The predicted octanol–water partition coefficient (Wildman–Crippen LogP) is -0.313. The van der Waals surface area contributed by atoms with Gasteiger partial charge in [-0.3, -0.25) is 19.1 Å². The number of carbonyl (C=O) groups is 1. The van der Waals surface area contributed by atoms with E-state index in [-0.39, 0.29) is 5.56 Å². The standard InChI is InChI=1S/C15H21ClN2O6/c1-6-5-18(14(23)17-12(6)22)13-7(16)8(19)10(24-13)9(20)11(21)15(2,3)4/h5,7-10,13,19-20H,1-4H3,(H,17,22,23)/t7?,8-,9?,10-,13+/m0/s1. The van der Waals surface area contributed by atoms with Gasteiger partial charge in [-0.25, -0.2) is 4.79 Å². The molecular formula is C15H21ClN2O6. The molecule has 1 aromatic rings. The van der Waals surface area contributed by atoms with E-state index in [0.717, 1.165) is 4.57 Å². The number of aliphatic hydroxyl groups is 2. The highest BCUT2D eigenvalue weighted by atomic mass is 35.5. The van der Waals surface area contributed by atoms with Crippen LogP contribution in [0.2, 0.25) is 0 Å². The third kappa shape index (κ3) is 3.32. The molecule has 1 saturated heterocycles. The first-order valence-electron chi connectivity index (χ1n) is 7.47. The number of H-pyrrole nitrogens is 1. The van der Waals surface area contributed by atoms with Crippen LogP contribution in [0.25, 0.3) is 0 Å². The number of aryl methyl sites for hydroxylation is 1. The third-order valence-electron chi connectivity index (χ3n) is 3.97. The van der Waals surface area contributed by atoms with Gasteiger partial charge in [0, 0.05) is 17.2 Å². The van der Waals surface area contributed by atoms with Crippen LogP contribution in [0.5, 0.6) is 0 Å². The summed E-state index contributed by atoms with van der Waals surface area (Å²) in [6.45, 7) is 6.39. The maximum Gasteiger partial charge on any atom is 0.330 e. The molecule has 0 aromatic carbocycles. The molecule has 2 heterocycles. The Kier molecular flexibility index (Phi) is 5.06. The van der Waals surface area contributed by atoms with Gasteiger partial charge in [0.1, 0.15) is 23.7 Å². The lowest BCUT2D eigenvalue weighted by atomic mass is 9.85. The first-order chi connectivity index (χ1) is 10.9. The average Bonchev–Trinajstić information content (AvgIpc) is 2.77. The summed E-state index contributed by atoms with van der Waals surface area (Å²) >= 11 is 6.14. The number of alkyl halides is 1. The number of halogens is 1. The first-order valence-corrected chi connectivity index (χ1v) is 7.91. The lowest BCUT2D eigenvalue weighted by Crippen LogP contribution is -2.46. The molecule has 0 bridgehead atoms. The van der Waals surface area contributed by atoms with Crippen molar-refractivity contribution in [3.63, 3.8) is 0 Å². The van der Waals surface area contributed by atoms with Gasteiger partial charge in [0.15, 0.2) is 12.0 Å². The Morgan fingerprint density at radius 3 is 2.54 bits per heavy atom. The van der Waals surface area contributed by atoms with E-state index >= 15 is 0 Å². The minimum Gasteiger partial charge on any atom is -0.389 e. The van der Waals surface area contributed by atoms with Crippen LogP contribution in [-0.2, 0) is 9.53 Å². The normalized spacial score (nSPS) is 28.8. The summed E-state index contributed by atoms with van der Waals surface area (Å²) in [5.41, 5.74) is -1.88. The Labute approximate surface area is 143 Å². The van der Waals surface area contributed by atoms with Crippen LogP contribution < -0.4 is 11.2 Å². The zero-order valence-electron chi connectivity index (χ0n) is 13.8. The van der Waals surface area contributed by atoms with Crippen molar-refractivity contribution in [1.29, 1.82) is 0 Å². The predicted molar refractivity (Wildman–Crippen MR) is 86.1 cm³/mol. The number of hydrogen-bond donors (Lipinski definition) is 3.